The van der Waals surface area contributed by atoms with E-state index in [-0.39, 0.29) is 23.5 Å². The molecule has 1 N–H and O–H groups in total. The number of rotatable bonds is 7. The van der Waals surface area contributed by atoms with Crippen molar-refractivity contribution in [2.24, 2.45) is 0 Å². The second-order valence-corrected chi connectivity index (χ2v) is 7.91. The summed E-state index contributed by atoms with van der Waals surface area (Å²) in [7, 11) is -2.10. The molecule has 25 heavy (non-hydrogen) atoms. The molecule has 0 bridgehead atoms. The third-order valence-electron chi connectivity index (χ3n) is 4.03. The lowest BCUT2D eigenvalue weighted by Gasteiger charge is -2.12. The maximum Gasteiger partial charge on any atom is 0.254 e. The Kier molecular flexibility index (Phi) is 6.02. The summed E-state index contributed by atoms with van der Waals surface area (Å²) in [5.41, 5.74) is 1.57. The average molecular weight is 364 g/mol. The van der Waals surface area contributed by atoms with Gasteiger partial charge in [-0.25, -0.2) is 13.1 Å². The molecule has 0 aliphatic heterocycles. The molecule has 0 fully saturated rings. The van der Waals surface area contributed by atoms with Crippen LogP contribution in [0.5, 0.6) is 5.75 Å². The van der Waals surface area contributed by atoms with Crippen LogP contribution in [0, 0.1) is 6.92 Å². The van der Waals surface area contributed by atoms with Crippen LogP contribution in [-0.4, -0.2) is 26.6 Å². The van der Waals surface area contributed by atoms with E-state index in [9.17, 15) is 13.2 Å². The Bertz CT molecular complexity index is 884. The van der Waals surface area contributed by atoms with Crippen molar-refractivity contribution >= 4 is 10.0 Å². The van der Waals surface area contributed by atoms with Gasteiger partial charge in [0, 0.05) is 24.8 Å². The summed E-state index contributed by atoms with van der Waals surface area (Å²) < 4.78 is 33.8. The van der Waals surface area contributed by atoms with Crippen LogP contribution in [-0.2, 0) is 16.6 Å². The Morgan fingerprint density at radius 2 is 1.80 bits per heavy atom. The van der Waals surface area contributed by atoms with Crippen LogP contribution in [0.25, 0.3) is 0 Å². The number of pyridine rings is 1. The van der Waals surface area contributed by atoms with Gasteiger partial charge in [0.05, 0.1) is 12.0 Å². The van der Waals surface area contributed by atoms with E-state index >= 15 is 0 Å². The van der Waals surface area contributed by atoms with Gasteiger partial charge in [0.25, 0.3) is 5.56 Å². The van der Waals surface area contributed by atoms with Gasteiger partial charge in [-0.3, -0.25) is 4.79 Å². The van der Waals surface area contributed by atoms with E-state index in [2.05, 4.69) is 18.6 Å². The molecule has 6 nitrogen and oxygen atoms in total. The second-order valence-electron chi connectivity index (χ2n) is 6.15. The fourth-order valence-corrected chi connectivity index (χ4v) is 3.53. The van der Waals surface area contributed by atoms with E-state index in [1.807, 2.05) is 12.1 Å². The number of benzene rings is 1. The maximum atomic E-state index is 12.4. The number of nitrogens with zero attached hydrogens (tertiary/aromatic N) is 1. The van der Waals surface area contributed by atoms with Crippen molar-refractivity contribution in [3.8, 4) is 5.75 Å². The highest BCUT2D eigenvalue weighted by Crippen LogP contribution is 2.17. The van der Waals surface area contributed by atoms with Crippen LogP contribution in [0.4, 0.5) is 0 Å². The van der Waals surface area contributed by atoms with Crippen molar-refractivity contribution in [2.45, 2.75) is 38.1 Å². The van der Waals surface area contributed by atoms with Crippen molar-refractivity contribution < 1.29 is 13.2 Å². The van der Waals surface area contributed by atoms with Crippen LogP contribution >= 0.6 is 0 Å². The molecule has 0 spiro atoms. The topological polar surface area (TPSA) is 77.4 Å². The lowest BCUT2D eigenvalue weighted by atomic mass is 10.0. The molecular formula is C18H24N2O4S. The highest BCUT2D eigenvalue weighted by Gasteiger charge is 2.14. The minimum atomic E-state index is -3.60. The number of hydrogen-bond acceptors (Lipinski definition) is 4. The van der Waals surface area contributed by atoms with Crippen molar-refractivity contribution in [3.05, 3.63) is 58.0 Å². The lowest BCUT2D eigenvalue weighted by molar-refractivity contribution is 0.411. The summed E-state index contributed by atoms with van der Waals surface area (Å²) in [6.07, 6.45) is 0. The molecule has 1 heterocycles. The average Bonchev–Trinajstić information content (AvgIpc) is 2.57. The van der Waals surface area contributed by atoms with Crippen molar-refractivity contribution in [3.63, 3.8) is 0 Å². The second kappa shape index (κ2) is 7.84. The molecule has 0 amide bonds. The van der Waals surface area contributed by atoms with Crippen LogP contribution in [0.3, 0.4) is 0 Å². The first-order chi connectivity index (χ1) is 11.7. The van der Waals surface area contributed by atoms with Crippen LogP contribution < -0.4 is 15.0 Å². The van der Waals surface area contributed by atoms with E-state index in [1.165, 1.54) is 17.7 Å². The molecular weight excluding hydrogens is 340 g/mol. The Labute approximate surface area is 148 Å². The van der Waals surface area contributed by atoms with Gasteiger partial charge in [0.15, 0.2) is 0 Å². The summed E-state index contributed by atoms with van der Waals surface area (Å²) in [6, 6.07) is 9.95. The molecule has 0 saturated heterocycles. The van der Waals surface area contributed by atoms with Gasteiger partial charge in [-0.2, -0.15) is 0 Å². The predicted octanol–water partition coefficient (Wildman–Crippen LogP) is 2.27. The van der Waals surface area contributed by atoms with E-state index in [0.717, 1.165) is 5.56 Å². The van der Waals surface area contributed by atoms with Gasteiger partial charge in [0.1, 0.15) is 5.75 Å². The first kappa shape index (κ1) is 19.2. The van der Waals surface area contributed by atoms with Crippen molar-refractivity contribution in [1.29, 1.82) is 0 Å². The van der Waals surface area contributed by atoms with Crippen LogP contribution in [0.15, 0.2) is 46.1 Å². The zero-order valence-corrected chi connectivity index (χ0v) is 15.8. The van der Waals surface area contributed by atoms with Crippen LogP contribution in [0.1, 0.15) is 31.0 Å². The Balaban J connectivity index is 2.07. The summed E-state index contributed by atoms with van der Waals surface area (Å²) in [6.45, 7) is 6.26. The van der Waals surface area contributed by atoms with Gasteiger partial charge in [-0.15, -0.1) is 0 Å². The van der Waals surface area contributed by atoms with Gasteiger partial charge in [0.2, 0.25) is 10.0 Å². The monoisotopic (exact) mass is 364 g/mol. The Morgan fingerprint density at radius 1 is 1.16 bits per heavy atom. The molecule has 1 aromatic carbocycles. The molecule has 0 radical (unpaired) electrons. The van der Waals surface area contributed by atoms with E-state index in [0.29, 0.717) is 17.4 Å². The Morgan fingerprint density at radius 3 is 2.32 bits per heavy atom. The SMILES string of the molecule is COc1cc(C)n(CCNS(=O)(=O)c2ccc(C(C)C)cc2)c(=O)c1. The van der Waals surface area contributed by atoms with Gasteiger partial charge >= 0.3 is 0 Å². The van der Waals surface area contributed by atoms with E-state index < -0.39 is 10.0 Å². The highest BCUT2D eigenvalue weighted by molar-refractivity contribution is 7.89. The summed E-state index contributed by atoms with van der Waals surface area (Å²) >= 11 is 0. The quantitative estimate of drug-likeness (QED) is 0.818. The van der Waals surface area contributed by atoms with Gasteiger partial charge in [-0.1, -0.05) is 26.0 Å². The fourth-order valence-electron chi connectivity index (χ4n) is 2.51. The standard InChI is InChI=1S/C18H24N2O4S/c1-13(2)15-5-7-17(8-6-15)25(22,23)19-9-10-20-14(3)11-16(24-4)12-18(20)21/h5-8,11-13,19H,9-10H2,1-4H3. The molecule has 1 aromatic heterocycles. The molecule has 2 rings (SSSR count). The zero-order chi connectivity index (χ0) is 18.6. The van der Waals surface area contributed by atoms with Crippen molar-refractivity contribution in [2.75, 3.05) is 13.7 Å². The number of aromatic nitrogens is 1. The highest BCUT2D eigenvalue weighted by atomic mass is 32.2. The predicted molar refractivity (Wildman–Crippen MR) is 97.7 cm³/mol. The first-order valence-electron chi connectivity index (χ1n) is 8.09. The normalized spacial score (nSPS) is 11.7. The summed E-state index contributed by atoms with van der Waals surface area (Å²) in [5, 5.41) is 0. The van der Waals surface area contributed by atoms with Gasteiger partial charge < -0.3 is 9.30 Å². The Hall–Kier alpha value is -2.12. The molecule has 0 aliphatic carbocycles. The molecule has 136 valence electrons. The lowest BCUT2D eigenvalue weighted by Crippen LogP contribution is -2.31. The molecule has 2 aromatic rings. The molecule has 0 atom stereocenters. The molecule has 0 saturated carbocycles. The fraction of sp³-hybridized carbons (Fsp3) is 0.389. The summed E-state index contributed by atoms with van der Waals surface area (Å²) in [5.74, 6) is 0.833. The van der Waals surface area contributed by atoms with E-state index in [4.69, 9.17) is 4.74 Å². The number of nitrogens with one attached hydrogen (secondary N) is 1. The largest absolute Gasteiger partial charge is 0.496 e. The molecule has 0 unspecified atom stereocenters. The number of methoxy groups -OCH3 is 1. The molecule has 0 aliphatic rings. The number of ether oxygens (including phenoxy) is 1. The van der Waals surface area contributed by atoms with Gasteiger partial charge in [-0.05, 0) is 36.6 Å². The number of sulfonamides is 1. The third-order valence-corrected chi connectivity index (χ3v) is 5.51. The summed E-state index contributed by atoms with van der Waals surface area (Å²) in [4.78, 5) is 12.3. The van der Waals surface area contributed by atoms with E-state index in [1.54, 1.807) is 25.1 Å². The number of aryl methyl sites for hydroxylation is 1. The maximum absolute atomic E-state index is 12.4. The molecule has 7 heteroatoms. The minimum Gasteiger partial charge on any atom is -0.496 e. The number of hydrogen-bond donors (Lipinski definition) is 1. The first-order valence-corrected chi connectivity index (χ1v) is 9.58. The van der Waals surface area contributed by atoms with Crippen molar-refractivity contribution in [1.82, 2.24) is 9.29 Å². The van der Waals surface area contributed by atoms with Crippen LogP contribution in [0.2, 0.25) is 0 Å². The third kappa shape index (κ3) is 4.70. The minimum absolute atomic E-state index is 0.126. The zero-order valence-electron chi connectivity index (χ0n) is 14.9. The smallest absolute Gasteiger partial charge is 0.254 e.